The van der Waals surface area contributed by atoms with Crippen molar-refractivity contribution < 1.29 is 4.74 Å². The molecule has 1 saturated heterocycles. The Hall–Kier alpha value is -1.10. The van der Waals surface area contributed by atoms with Crippen molar-refractivity contribution in [2.75, 3.05) is 45.6 Å². The number of likely N-dealkylation sites (N-methyl/N-ethyl adjacent to an activating group) is 1. The van der Waals surface area contributed by atoms with E-state index >= 15 is 0 Å². The molecule has 1 aliphatic heterocycles. The van der Waals surface area contributed by atoms with E-state index in [1.807, 2.05) is 12.1 Å². The van der Waals surface area contributed by atoms with Crippen LogP contribution in [-0.2, 0) is 11.3 Å². The minimum absolute atomic E-state index is 0.310. The predicted octanol–water partition coefficient (Wildman–Crippen LogP) is 1.81. The van der Waals surface area contributed by atoms with Gasteiger partial charge in [-0.05, 0) is 31.6 Å². The maximum Gasteiger partial charge on any atom is 0.0829 e. The van der Waals surface area contributed by atoms with E-state index in [4.69, 9.17) is 10.5 Å². The van der Waals surface area contributed by atoms with Crippen LogP contribution in [0.4, 0.5) is 5.69 Å². The summed E-state index contributed by atoms with van der Waals surface area (Å²) in [6.07, 6.45) is 1.46. The Morgan fingerprint density at radius 1 is 1.40 bits per heavy atom. The molecule has 0 aliphatic carbocycles. The molecule has 1 fully saturated rings. The number of nitrogens with two attached hydrogens (primary N) is 1. The number of nitrogens with zero attached hydrogens (tertiary/aromatic N) is 2. The molecule has 1 aliphatic rings. The van der Waals surface area contributed by atoms with Gasteiger partial charge in [0.05, 0.1) is 12.7 Å². The topological polar surface area (TPSA) is 41.7 Å². The Balaban J connectivity index is 1.94. The molecule has 112 valence electrons. The number of rotatable bonds is 6. The standard InChI is InChI=1S/C16H27N3O/c1-3-8-19(11-14-6-4-5-7-16(14)17)13-15-12-18(2)9-10-20-15/h4-7,15H,3,8-13,17H2,1-2H3. The number of hydrogen-bond acceptors (Lipinski definition) is 4. The average molecular weight is 277 g/mol. The summed E-state index contributed by atoms with van der Waals surface area (Å²) in [5.41, 5.74) is 8.15. The molecule has 0 spiro atoms. The second-order valence-corrected chi connectivity index (χ2v) is 5.69. The van der Waals surface area contributed by atoms with E-state index in [1.54, 1.807) is 0 Å². The number of anilines is 1. The Morgan fingerprint density at radius 3 is 2.90 bits per heavy atom. The van der Waals surface area contributed by atoms with E-state index in [2.05, 4.69) is 35.9 Å². The normalized spacial score (nSPS) is 20.4. The van der Waals surface area contributed by atoms with Crippen LogP contribution in [0.1, 0.15) is 18.9 Å². The number of nitrogen functional groups attached to an aromatic ring is 1. The molecule has 4 heteroatoms. The van der Waals surface area contributed by atoms with Gasteiger partial charge in [0.25, 0.3) is 0 Å². The number of hydrogen-bond donors (Lipinski definition) is 1. The van der Waals surface area contributed by atoms with Gasteiger partial charge in [0.15, 0.2) is 0 Å². The first-order valence-electron chi connectivity index (χ1n) is 7.55. The number of para-hydroxylation sites is 1. The van der Waals surface area contributed by atoms with Gasteiger partial charge in [-0.15, -0.1) is 0 Å². The minimum atomic E-state index is 0.310. The van der Waals surface area contributed by atoms with Gasteiger partial charge in [0, 0.05) is 31.9 Å². The van der Waals surface area contributed by atoms with Crippen molar-refractivity contribution in [3.8, 4) is 0 Å². The molecule has 0 radical (unpaired) electrons. The SMILES string of the molecule is CCCN(Cc1ccccc1N)CC1CN(C)CCO1. The van der Waals surface area contributed by atoms with Crippen LogP contribution in [0, 0.1) is 0 Å². The number of morpholine rings is 1. The summed E-state index contributed by atoms with van der Waals surface area (Å²) < 4.78 is 5.88. The Labute approximate surface area is 122 Å². The van der Waals surface area contributed by atoms with E-state index in [0.717, 1.165) is 51.4 Å². The molecule has 1 atom stereocenters. The Morgan fingerprint density at radius 2 is 2.20 bits per heavy atom. The third-order valence-electron chi connectivity index (χ3n) is 3.79. The zero-order valence-corrected chi connectivity index (χ0v) is 12.7. The highest BCUT2D eigenvalue weighted by Crippen LogP contribution is 2.15. The van der Waals surface area contributed by atoms with Crippen molar-refractivity contribution in [2.24, 2.45) is 0 Å². The molecule has 0 bridgehead atoms. The molecular weight excluding hydrogens is 250 g/mol. The molecule has 0 amide bonds. The third-order valence-corrected chi connectivity index (χ3v) is 3.79. The fourth-order valence-corrected chi connectivity index (χ4v) is 2.74. The van der Waals surface area contributed by atoms with Gasteiger partial charge in [-0.1, -0.05) is 25.1 Å². The lowest BCUT2D eigenvalue weighted by Crippen LogP contribution is -2.46. The van der Waals surface area contributed by atoms with Crippen LogP contribution in [0.2, 0.25) is 0 Å². The van der Waals surface area contributed by atoms with Crippen molar-refractivity contribution in [1.29, 1.82) is 0 Å². The van der Waals surface area contributed by atoms with Gasteiger partial charge in [0.2, 0.25) is 0 Å². The van der Waals surface area contributed by atoms with Crippen molar-refractivity contribution in [2.45, 2.75) is 26.0 Å². The predicted molar refractivity (Wildman–Crippen MR) is 83.7 cm³/mol. The van der Waals surface area contributed by atoms with Crippen LogP contribution in [0.25, 0.3) is 0 Å². The number of ether oxygens (including phenoxy) is 1. The molecule has 2 N–H and O–H groups in total. The van der Waals surface area contributed by atoms with Crippen LogP contribution in [0.15, 0.2) is 24.3 Å². The van der Waals surface area contributed by atoms with E-state index < -0.39 is 0 Å². The number of benzene rings is 1. The lowest BCUT2D eigenvalue weighted by Gasteiger charge is -2.34. The molecule has 1 aromatic carbocycles. The second-order valence-electron chi connectivity index (χ2n) is 5.69. The summed E-state index contributed by atoms with van der Waals surface area (Å²) >= 11 is 0. The zero-order chi connectivity index (χ0) is 14.4. The maximum atomic E-state index is 6.05. The molecule has 1 aromatic rings. The smallest absolute Gasteiger partial charge is 0.0829 e. The highest BCUT2D eigenvalue weighted by molar-refractivity contribution is 5.46. The van der Waals surface area contributed by atoms with Gasteiger partial charge >= 0.3 is 0 Å². The van der Waals surface area contributed by atoms with Crippen LogP contribution in [0.3, 0.4) is 0 Å². The maximum absolute atomic E-state index is 6.05. The van der Waals surface area contributed by atoms with E-state index in [1.165, 1.54) is 5.56 Å². The Bertz CT molecular complexity index is 410. The molecule has 1 heterocycles. The summed E-state index contributed by atoms with van der Waals surface area (Å²) in [5, 5.41) is 0. The second kappa shape index (κ2) is 7.62. The fraction of sp³-hybridized carbons (Fsp3) is 0.625. The zero-order valence-electron chi connectivity index (χ0n) is 12.7. The van der Waals surface area contributed by atoms with Gasteiger partial charge in [-0.2, -0.15) is 0 Å². The average Bonchev–Trinajstić information content (AvgIpc) is 2.42. The molecule has 0 saturated carbocycles. The largest absolute Gasteiger partial charge is 0.398 e. The van der Waals surface area contributed by atoms with Crippen LogP contribution in [0.5, 0.6) is 0 Å². The fourth-order valence-electron chi connectivity index (χ4n) is 2.74. The molecule has 20 heavy (non-hydrogen) atoms. The van der Waals surface area contributed by atoms with Crippen molar-refractivity contribution >= 4 is 5.69 Å². The van der Waals surface area contributed by atoms with Crippen molar-refractivity contribution in [3.05, 3.63) is 29.8 Å². The third kappa shape index (κ3) is 4.47. The molecule has 1 unspecified atom stereocenters. The van der Waals surface area contributed by atoms with Crippen molar-refractivity contribution in [3.63, 3.8) is 0 Å². The molecule has 4 nitrogen and oxygen atoms in total. The van der Waals surface area contributed by atoms with E-state index in [-0.39, 0.29) is 0 Å². The van der Waals surface area contributed by atoms with Gasteiger partial charge in [-0.3, -0.25) is 4.90 Å². The lowest BCUT2D eigenvalue weighted by atomic mass is 10.1. The summed E-state index contributed by atoms with van der Waals surface area (Å²) in [6.45, 7) is 8.08. The molecular formula is C16H27N3O. The Kier molecular flexibility index (Phi) is 5.83. The summed E-state index contributed by atoms with van der Waals surface area (Å²) in [7, 11) is 2.16. The van der Waals surface area contributed by atoms with Gasteiger partial charge in [-0.25, -0.2) is 0 Å². The molecule has 2 rings (SSSR count). The minimum Gasteiger partial charge on any atom is -0.398 e. The van der Waals surface area contributed by atoms with E-state index in [0.29, 0.717) is 6.10 Å². The first-order valence-corrected chi connectivity index (χ1v) is 7.55. The highest BCUT2D eigenvalue weighted by Gasteiger charge is 2.20. The van der Waals surface area contributed by atoms with Crippen LogP contribution in [-0.4, -0.2) is 55.7 Å². The monoisotopic (exact) mass is 277 g/mol. The first kappa shape index (κ1) is 15.3. The summed E-state index contributed by atoms with van der Waals surface area (Å²) in [5.74, 6) is 0. The van der Waals surface area contributed by atoms with Crippen molar-refractivity contribution in [1.82, 2.24) is 9.80 Å². The van der Waals surface area contributed by atoms with Crippen LogP contribution < -0.4 is 5.73 Å². The quantitative estimate of drug-likeness (QED) is 0.805. The van der Waals surface area contributed by atoms with Gasteiger partial charge in [0.1, 0.15) is 0 Å². The molecule has 0 aromatic heterocycles. The summed E-state index contributed by atoms with van der Waals surface area (Å²) in [6, 6.07) is 8.14. The highest BCUT2D eigenvalue weighted by atomic mass is 16.5. The first-order chi connectivity index (χ1) is 9.69. The van der Waals surface area contributed by atoms with E-state index in [9.17, 15) is 0 Å². The summed E-state index contributed by atoms with van der Waals surface area (Å²) in [4.78, 5) is 4.80. The van der Waals surface area contributed by atoms with Gasteiger partial charge < -0.3 is 15.4 Å². The van der Waals surface area contributed by atoms with Crippen LogP contribution >= 0.6 is 0 Å². The lowest BCUT2D eigenvalue weighted by molar-refractivity contribution is -0.0366.